The van der Waals surface area contributed by atoms with Gasteiger partial charge in [0.1, 0.15) is 6.04 Å². The van der Waals surface area contributed by atoms with Gasteiger partial charge in [-0.2, -0.15) is 4.31 Å². The maximum atomic E-state index is 12.5. The second kappa shape index (κ2) is 9.82. The number of hydrogen-bond acceptors (Lipinski definition) is 5. The Kier molecular flexibility index (Phi) is 7.76. The number of benzene rings is 1. The quantitative estimate of drug-likeness (QED) is 0.662. The molecule has 150 valence electrons. The summed E-state index contributed by atoms with van der Waals surface area (Å²) in [5.41, 5.74) is 0.639. The van der Waals surface area contributed by atoms with Gasteiger partial charge in [-0.1, -0.05) is 30.3 Å². The molecule has 27 heavy (non-hydrogen) atoms. The first-order valence-corrected chi connectivity index (χ1v) is 10.6. The van der Waals surface area contributed by atoms with E-state index in [1.54, 1.807) is 24.3 Å². The summed E-state index contributed by atoms with van der Waals surface area (Å²) in [6, 6.07) is 7.91. The molecule has 2 rings (SSSR count). The number of rotatable bonds is 8. The molecule has 1 fully saturated rings. The van der Waals surface area contributed by atoms with Gasteiger partial charge in [-0.15, -0.1) is 0 Å². The third-order valence-corrected chi connectivity index (χ3v) is 5.95. The monoisotopic (exact) mass is 397 g/mol. The summed E-state index contributed by atoms with van der Waals surface area (Å²) in [5.74, 6) is -1.12. The molecule has 9 heteroatoms. The van der Waals surface area contributed by atoms with Crippen LogP contribution in [0.5, 0.6) is 0 Å². The minimum absolute atomic E-state index is 0.0812. The summed E-state index contributed by atoms with van der Waals surface area (Å²) < 4.78 is 31.2. The van der Waals surface area contributed by atoms with Gasteiger partial charge in [-0.25, -0.2) is 8.42 Å². The zero-order valence-corrected chi connectivity index (χ0v) is 16.5. The average molecular weight is 397 g/mol. The number of sulfonamides is 1. The van der Waals surface area contributed by atoms with Crippen LogP contribution in [0.4, 0.5) is 0 Å². The van der Waals surface area contributed by atoms with Crippen molar-refractivity contribution in [1.82, 2.24) is 14.9 Å². The Labute approximate surface area is 160 Å². The summed E-state index contributed by atoms with van der Waals surface area (Å²) in [6.45, 7) is 4.97. The van der Waals surface area contributed by atoms with Crippen LogP contribution in [0.15, 0.2) is 30.3 Å². The summed E-state index contributed by atoms with van der Waals surface area (Å²) in [5, 5.41) is 5.43. The van der Waals surface area contributed by atoms with E-state index in [2.05, 4.69) is 10.6 Å². The molecular weight excluding hydrogens is 370 g/mol. The van der Waals surface area contributed by atoms with Gasteiger partial charge in [-0.05, 0) is 19.4 Å². The molecule has 1 atom stereocenters. The molecule has 0 aliphatic carbocycles. The molecule has 0 saturated carbocycles. The lowest BCUT2D eigenvalue weighted by atomic mass is 10.1. The van der Waals surface area contributed by atoms with E-state index >= 15 is 0 Å². The van der Waals surface area contributed by atoms with E-state index in [0.717, 1.165) is 0 Å². The van der Waals surface area contributed by atoms with Gasteiger partial charge in [0, 0.05) is 25.6 Å². The lowest BCUT2D eigenvalue weighted by Gasteiger charge is -2.26. The lowest BCUT2D eigenvalue weighted by Crippen LogP contribution is -2.44. The predicted molar refractivity (Wildman–Crippen MR) is 101 cm³/mol. The van der Waals surface area contributed by atoms with Crippen molar-refractivity contribution in [2.75, 3.05) is 32.1 Å². The molecule has 1 heterocycles. The van der Waals surface area contributed by atoms with Crippen LogP contribution >= 0.6 is 0 Å². The van der Waals surface area contributed by atoms with Gasteiger partial charge in [0.15, 0.2) is 0 Å². The second-order valence-electron chi connectivity index (χ2n) is 6.65. The number of ether oxygens (including phenoxy) is 1. The zero-order valence-electron chi connectivity index (χ0n) is 15.7. The second-order valence-corrected chi connectivity index (χ2v) is 8.74. The maximum absolute atomic E-state index is 12.5. The Morgan fingerprint density at radius 2 is 1.74 bits per heavy atom. The van der Waals surface area contributed by atoms with Crippen LogP contribution in [0.2, 0.25) is 0 Å². The fourth-order valence-corrected chi connectivity index (χ4v) is 4.13. The standard InChI is InChI=1S/C18H27N3O5S/c1-14(2)19-18(23)17(15-6-4-3-5-7-15)20-16(22)8-13-27(24,25)21-9-11-26-12-10-21/h3-7,14,17H,8-13H2,1-2H3,(H,19,23)(H,20,22)/t17-/m0/s1. The van der Waals surface area contributed by atoms with Crippen molar-refractivity contribution < 1.29 is 22.7 Å². The highest BCUT2D eigenvalue weighted by Crippen LogP contribution is 2.14. The van der Waals surface area contributed by atoms with Crippen molar-refractivity contribution in [3.63, 3.8) is 0 Å². The van der Waals surface area contributed by atoms with Crippen LogP contribution in [0.25, 0.3) is 0 Å². The van der Waals surface area contributed by atoms with Crippen LogP contribution < -0.4 is 10.6 Å². The van der Waals surface area contributed by atoms with E-state index in [0.29, 0.717) is 31.9 Å². The fraction of sp³-hybridized carbons (Fsp3) is 0.556. The van der Waals surface area contributed by atoms with Crippen molar-refractivity contribution >= 4 is 21.8 Å². The summed E-state index contributed by atoms with van der Waals surface area (Å²) >= 11 is 0. The molecule has 0 radical (unpaired) electrons. The third-order valence-electron chi connectivity index (χ3n) is 4.08. The Morgan fingerprint density at radius 1 is 1.11 bits per heavy atom. The molecule has 2 amide bonds. The van der Waals surface area contributed by atoms with E-state index in [1.165, 1.54) is 4.31 Å². The van der Waals surface area contributed by atoms with Gasteiger partial charge in [0.2, 0.25) is 21.8 Å². The summed E-state index contributed by atoms with van der Waals surface area (Å²) in [7, 11) is -3.53. The van der Waals surface area contributed by atoms with Crippen molar-refractivity contribution in [3.05, 3.63) is 35.9 Å². The molecule has 1 saturated heterocycles. The first-order chi connectivity index (χ1) is 12.8. The SMILES string of the molecule is CC(C)NC(=O)[C@@H](NC(=O)CCS(=O)(=O)N1CCOCC1)c1ccccc1. The summed E-state index contributed by atoms with van der Waals surface area (Å²) in [6.07, 6.45) is -0.210. The number of hydrogen-bond donors (Lipinski definition) is 2. The van der Waals surface area contributed by atoms with Crippen LogP contribution in [-0.4, -0.2) is 62.6 Å². The number of nitrogens with zero attached hydrogens (tertiary/aromatic N) is 1. The van der Waals surface area contributed by atoms with Crippen molar-refractivity contribution in [3.8, 4) is 0 Å². The molecule has 1 aliphatic rings. The molecule has 2 N–H and O–H groups in total. The molecule has 0 unspecified atom stereocenters. The van der Waals surface area contributed by atoms with E-state index < -0.39 is 22.0 Å². The largest absolute Gasteiger partial charge is 0.379 e. The van der Waals surface area contributed by atoms with Gasteiger partial charge in [0.05, 0.1) is 19.0 Å². The van der Waals surface area contributed by atoms with E-state index in [9.17, 15) is 18.0 Å². The zero-order chi connectivity index (χ0) is 19.9. The average Bonchev–Trinajstić information content (AvgIpc) is 2.65. The molecular formula is C18H27N3O5S. The van der Waals surface area contributed by atoms with E-state index in [4.69, 9.17) is 4.74 Å². The van der Waals surface area contributed by atoms with Gasteiger partial charge in [0.25, 0.3) is 0 Å². The number of nitrogens with one attached hydrogen (secondary N) is 2. The molecule has 1 aromatic rings. The Hall–Kier alpha value is -1.97. The number of carbonyl (C=O) groups is 2. The number of carbonyl (C=O) groups excluding carboxylic acids is 2. The van der Waals surface area contributed by atoms with E-state index in [1.807, 2.05) is 19.9 Å². The highest BCUT2D eigenvalue weighted by Gasteiger charge is 2.27. The minimum Gasteiger partial charge on any atom is -0.379 e. The van der Waals surface area contributed by atoms with Crippen molar-refractivity contribution in [1.29, 1.82) is 0 Å². The molecule has 1 aromatic carbocycles. The first-order valence-electron chi connectivity index (χ1n) is 9.00. The number of amides is 2. The van der Waals surface area contributed by atoms with E-state index in [-0.39, 0.29) is 24.1 Å². The van der Waals surface area contributed by atoms with Crippen LogP contribution in [0.3, 0.4) is 0 Å². The first kappa shape index (κ1) is 21.3. The molecule has 8 nitrogen and oxygen atoms in total. The van der Waals surface area contributed by atoms with Gasteiger partial charge < -0.3 is 15.4 Å². The number of morpholine rings is 1. The van der Waals surface area contributed by atoms with Crippen LogP contribution in [0, 0.1) is 0 Å². The molecule has 0 spiro atoms. The fourth-order valence-electron chi connectivity index (χ4n) is 2.72. The predicted octanol–water partition coefficient (Wildman–Crippen LogP) is 0.421. The van der Waals surface area contributed by atoms with Crippen LogP contribution in [0.1, 0.15) is 31.9 Å². The van der Waals surface area contributed by atoms with Crippen molar-refractivity contribution in [2.45, 2.75) is 32.4 Å². The highest BCUT2D eigenvalue weighted by atomic mass is 32.2. The maximum Gasteiger partial charge on any atom is 0.247 e. The lowest BCUT2D eigenvalue weighted by molar-refractivity contribution is -0.129. The van der Waals surface area contributed by atoms with Crippen molar-refractivity contribution in [2.24, 2.45) is 0 Å². The third kappa shape index (κ3) is 6.60. The molecule has 0 aromatic heterocycles. The van der Waals surface area contributed by atoms with Gasteiger partial charge >= 0.3 is 0 Å². The molecule has 0 bridgehead atoms. The molecule has 1 aliphatic heterocycles. The highest BCUT2D eigenvalue weighted by molar-refractivity contribution is 7.89. The normalized spacial score (nSPS) is 16.7. The van der Waals surface area contributed by atoms with Crippen LogP contribution in [-0.2, 0) is 24.3 Å². The topological polar surface area (TPSA) is 105 Å². The smallest absolute Gasteiger partial charge is 0.247 e. The van der Waals surface area contributed by atoms with Gasteiger partial charge in [-0.3, -0.25) is 9.59 Å². The Bertz CT molecular complexity index is 731. The Morgan fingerprint density at radius 3 is 2.33 bits per heavy atom. The Balaban J connectivity index is 1.99. The summed E-state index contributed by atoms with van der Waals surface area (Å²) in [4.78, 5) is 24.8. The minimum atomic E-state index is -3.53.